The van der Waals surface area contributed by atoms with Crippen molar-refractivity contribution in [3.63, 3.8) is 0 Å². The second-order valence-corrected chi connectivity index (χ2v) is 8.46. The number of ether oxygens (including phenoxy) is 2. The molecule has 3 aromatic rings. The van der Waals surface area contributed by atoms with Gasteiger partial charge in [-0.05, 0) is 24.6 Å². The molecule has 2 aromatic heterocycles. The highest BCUT2D eigenvalue weighted by atomic mass is 32.2. The lowest BCUT2D eigenvalue weighted by Crippen LogP contribution is -2.32. The van der Waals surface area contributed by atoms with Crippen molar-refractivity contribution in [2.45, 2.75) is 18.2 Å². The number of H-pyrrole nitrogens is 2. The lowest BCUT2D eigenvalue weighted by Gasteiger charge is -2.15. The quantitative estimate of drug-likeness (QED) is 0.470. The standard InChI is InChI=1S/C18H19N3O8S/c1-3-6-28-18(25)29-13-8-19-16-15(13)11-7-10(4-5-12(11)20-17(16)24)30(26,27)21(2)9-14(22)23/h4-5,7-8,19H,3,6,9H2,1-2H3,(H,20,24)(H,22,23). The summed E-state index contributed by atoms with van der Waals surface area (Å²) in [6.45, 7) is 1.25. The molecule has 3 rings (SSSR count). The molecule has 11 nitrogen and oxygen atoms in total. The summed E-state index contributed by atoms with van der Waals surface area (Å²) in [6, 6.07) is 3.91. The summed E-state index contributed by atoms with van der Waals surface area (Å²) < 4.78 is 36.2. The molecule has 160 valence electrons. The summed E-state index contributed by atoms with van der Waals surface area (Å²) in [5, 5.41) is 9.36. The maximum absolute atomic E-state index is 12.7. The van der Waals surface area contributed by atoms with E-state index < -0.39 is 34.3 Å². The minimum Gasteiger partial charge on any atom is -0.480 e. The third-order valence-electron chi connectivity index (χ3n) is 4.26. The highest BCUT2D eigenvalue weighted by Crippen LogP contribution is 2.32. The number of carboxylic acids is 1. The van der Waals surface area contributed by atoms with Crippen molar-refractivity contribution in [3.8, 4) is 5.75 Å². The van der Waals surface area contributed by atoms with Crippen LogP contribution in [-0.2, 0) is 19.6 Å². The fraction of sp³-hybridized carbons (Fsp3) is 0.278. The van der Waals surface area contributed by atoms with E-state index in [0.717, 1.165) is 7.05 Å². The predicted molar refractivity (Wildman–Crippen MR) is 106 cm³/mol. The van der Waals surface area contributed by atoms with Crippen molar-refractivity contribution in [3.05, 3.63) is 34.7 Å². The van der Waals surface area contributed by atoms with Crippen LogP contribution in [0.2, 0.25) is 0 Å². The predicted octanol–water partition coefficient (Wildman–Crippen LogP) is 1.64. The number of hydrogen-bond acceptors (Lipinski definition) is 7. The molecule has 0 aliphatic carbocycles. The van der Waals surface area contributed by atoms with E-state index in [0.29, 0.717) is 16.2 Å². The Balaban J connectivity index is 2.16. The van der Waals surface area contributed by atoms with Crippen LogP contribution in [0.5, 0.6) is 5.75 Å². The van der Waals surface area contributed by atoms with E-state index in [1.807, 2.05) is 6.92 Å². The van der Waals surface area contributed by atoms with E-state index >= 15 is 0 Å². The number of nitrogens with zero attached hydrogens (tertiary/aromatic N) is 1. The number of carbonyl (C=O) groups is 2. The first-order valence-electron chi connectivity index (χ1n) is 8.85. The van der Waals surface area contributed by atoms with Crippen LogP contribution < -0.4 is 10.3 Å². The molecule has 2 heterocycles. The number of aromatic amines is 2. The van der Waals surface area contributed by atoms with Gasteiger partial charge in [-0.3, -0.25) is 9.59 Å². The van der Waals surface area contributed by atoms with Crippen molar-refractivity contribution >= 4 is 44.0 Å². The summed E-state index contributed by atoms with van der Waals surface area (Å²) >= 11 is 0. The van der Waals surface area contributed by atoms with Crippen LogP contribution in [0.1, 0.15) is 13.3 Å². The third-order valence-corrected chi connectivity index (χ3v) is 6.06. The van der Waals surface area contributed by atoms with Crippen molar-refractivity contribution in [2.75, 3.05) is 20.2 Å². The SMILES string of the molecule is CCCOC(=O)Oc1c[nH]c2c(=O)[nH]c3ccc(S(=O)(=O)N(C)CC(=O)O)cc3c12. The van der Waals surface area contributed by atoms with E-state index in [4.69, 9.17) is 14.6 Å². The zero-order valence-electron chi connectivity index (χ0n) is 16.1. The Bertz CT molecular complexity index is 1290. The minimum absolute atomic E-state index is 0.00404. The van der Waals surface area contributed by atoms with Gasteiger partial charge in [-0.1, -0.05) is 6.92 Å². The molecule has 0 fully saturated rings. The number of likely N-dealkylation sites (N-methyl/N-ethyl adjacent to an activating group) is 1. The van der Waals surface area contributed by atoms with Gasteiger partial charge in [-0.25, -0.2) is 13.2 Å². The van der Waals surface area contributed by atoms with E-state index in [1.165, 1.54) is 24.4 Å². The first kappa shape index (κ1) is 21.3. The summed E-state index contributed by atoms with van der Waals surface area (Å²) in [5.74, 6) is -1.31. The largest absolute Gasteiger partial charge is 0.513 e. The summed E-state index contributed by atoms with van der Waals surface area (Å²) in [7, 11) is -2.97. The molecule has 0 bridgehead atoms. The summed E-state index contributed by atoms with van der Waals surface area (Å²) in [4.78, 5) is 40.2. The van der Waals surface area contributed by atoms with E-state index in [2.05, 4.69) is 9.97 Å². The summed E-state index contributed by atoms with van der Waals surface area (Å²) in [5.41, 5.74) is -0.110. The highest BCUT2D eigenvalue weighted by Gasteiger charge is 2.24. The van der Waals surface area contributed by atoms with E-state index in [9.17, 15) is 22.8 Å². The molecule has 0 radical (unpaired) electrons. The number of rotatable bonds is 7. The van der Waals surface area contributed by atoms with Gasteiger partial charge in [0.2, 0.25) is 10.0 Å². The molecule has 0 spiro atoms. The molecule has 0 amide bonds. The van der Waals surface area contributed by atoms with Gasteiger partial charge in [0.15, 0.2) is 5.75 Å². The number of carbonyl (C=O) groups excluding carboxylic acids is 1. The van der Waals surface area contributed by atoms with Crippen LogP contribution in [0, 0.1) is 0 Å². The van der Waals surface area contributed by atoms with Crippen molar-refractivity contribution in [2.24, 2.45) is 0 Å². The molecular weight excluding hydrogens is 418 g/mol. The van der Waals surface area contributed by atoms with E-state index in [1.54, 1.807) is 0 Å². The van der Waals surface area contributed by atoms with E-state index in [-0.39, 0.29) is 33.5 Å². The van der Waals surface area contributed by atoms with Gasteiger partial charge in [0.1, 0.15) is 12.1 Å². The lowest BCUT2D eigenvalue weighted by atomic mass is 10.1. The highest BCUT2D eigenvalue weighted by molar-refractivity contribution is 7.89. The third kappa shape index (κ3) is 4.00. The fourth-order valence-electron chi connectivity index (χ4n) is 2.88. The summed E-state index contributed by atoms with van der Waals surface area (Å²) in [6.07, 6.45) is 0.928. The number of pyridine rings is 1. The minimum atomic E-state index is -4.12. The van der Waals surface area contributed by atoms with Gasteiger partial charge in [0.25, 0.3) is 5.56 Å². The maximum Gasteiger partial charge on any atom is 0.513 e. The van der Waals surface area contributed by atoms with Crippen LogP contribution >= 0.6 is 0 Å². The molecule has 1 aromatic carbocycles. The number of fused-ring (bicyclic) bond motifs is 3. The molecule has 30 heavy (non-hydrogen) atoms. The van der Waals surface area contributed by atoms with Gasteiger partial charge in [-0.15, -0.1) is 0 Å². The molecule has 0 aliphatic heterocycles. The first-order valence-corrected chi connectivity index (χ1v) is 10.3. The Morgan fingerprint density at radius 1 is 1.27 bits per heavy atom. The van der Waals surface area contributed by atoms with Gasteiger partial charge in [0.05, 0.1) is 16.9 Å². The molecular formula is C18H19N3O8S. The maximum atomic E-state index is 12.7. The van der Waals surface area contributed by atoms with Crippen LogP contribution in [0.4, 0.5) is 4.79 Å². The molecule has 0 unspecified atom stereocenters. The Hall–Kier alpha value is -3.38. The number of benzene rings is 1. The van der Waals surface area contributed by atoms with Crippen molar-refractivity contribution < 1.29 is 32.6 Å². The monoisotopic (exact) mass is 437 g/mol. The van der Waals surface area contributed by atoms with Crippen LogP contribution in [0.3, 0.4) is 0 Å². The Morgan fingerprint density at radius 2 is 2.00 bits per heavy atom. The van der Waals surface area contributed by atoms with Gasteiger partial charge in [0, 0.05) is 24.1 Å². The smallest absolute Gasteiger partial charge is 0.480 e. The Morgan fingerprint density at radius 3 is 2.67 bits per heavy atom. The number of hydrogen-bond donors (Lipinski definition) is 3. The fourth-order valence-corrected chi connectivity index (χ4v) is 4.02. The Labute approximate surface area is 170 Å². The first-order chi connectivity index (χ1) is 14.1. The number of sulfonamides is 1. The second-order valence-electron chi connectivity index (χ2n) is 6.42. The normalized spacial score (nSPS) is 11.8. The van der Waals surface area contributed by atoms with Gasteiger partial charge >= 0.3 is 12.1 Å². The number of aliphatic carboxylic acids is 1. The number of nitrogens with one attached hydrogen (secondary N) is 2. The van der Waals surface area contributed by atoms with Crippen LogP contribution in [0.25, 0.3) is 21.8 Å². The second kappa shape index (κ2) is 8.16. The molecule has 0 atom stereocenters. The topological polar surface area (TPSA) is 159 Å². The van der Waals surface area contributed by atoms with Crippen LogP contribution in [0.15, 0.2) is 34.1 Å². The molecule has 0 saturated carbocycles. The molecule has 0 aliphatic rings. The zero-order chi connectivity index (χ0) is 22.1. The van der Waals surface area contributed by atoms with Crippen molar-refractivity contribution in [1.29, 1.82) is 0 Å². The number of carboxylic acid groups (broad SMARTS) is 1. The molecule has 12 heteroatoms. The van der Waals surface area contributed by atoms with Crippen LogP contribution in [-0.4, -0.2) is 60.1 Å². The molecule has 3 N–H and O–H groups in total. The van der Waals surface area contributed by atoms with Gasteiger partial charge < -0.3 is 24.5 Å². The number of aromatic nitrogens is 2. The van der Waals surface area contributed by atoms with Crippen molar-refractivity contribution in [1.82, 2.24) is 14.3 Å². The zero-order valence-corrected chi connectivity index (χ0v) is 16.9. The molecule has 0 saturated heterocycles. The lowest BCUT2D eigenvalue weighted by molar-refractivity contribution is -0.137. The average molecular weight is 437 g/mol. The Kier molecular flexibility index (Phi) is 5.80. The average Bonchev–Trinajstić information content (AvgIpc) is 3.10. The van der Waals surface area contributed by atoms with Gasteiger partial charge in [-0.2, -0.15) is 4.31 Å².